The van der Waals surface area contributed by atoms with Crippen molar-refractivity contribution in [3.05, 3.63) is 101 Å². The first-order valence-electron chi connectivity index (χ1n) is 11.2. The van der Waals surface area contributed by atoms with Crippen molar-refractivity contribution in [3.63, 3.8) is 0 Å². The summed E-state index contributed by atoms with van der Waals surface area (Å²) in [5, 5.41) is 11.3. The van der Waals surface area contributed by atoms with Crippen molar-refractivity contribution in [3.8, 4) is 28.7 Å². The van der Waals surface area contributed by atoms with Gasteiger partial charge in [0.05, 0.1) is 14.2 Å². The van der Waals surface area contributed by atoms with Crippen molar-refractivity contribution in [2.45, 2.75) is 6.92 Å². The van der Waals surface area contributed by atoms with Gasteiger partial charge in [-0.15, -0.1) is 0 Å². The number of ether oxygens (including phenoxy) is 2. The van der Waals surface area contributed by atoms with Crippen LogP contribution in [-0.4, -0.2) is 14.2 Å². The molecule has 0 bridgehead atoms. The highest BCUT2D eigenvalue weighted by molar-refractivity contribution is 7.80. The first-order chi connectivity index (χ1) is 18.1. The van der Waals surface area contributed by atoms with Crippen LogP contribution >= 0.6 is 7.29 Å². The predicted octanol–water partition coefficient (Wildman–Crippen LogP) is 6.45. The average Bonchev–Trinajstić information content (AvgIpc) is 2.94. The van der Waals surface area contributed by atoms with Crippen LogP contribution in [0.25, 0.3) is 11.1 Å². The number of methoxy groups -OCH3 is 2. The van der Waals surface area contributed by atoms with Crippen LogP contribution < -0.4 is 25.2 Å². The Balaban J connectivity index is 2.07. The van der Waals surface area contributed by atoms with E-state index in [1.165, 1.54) is 38.5 Å². The Morgan fingerprint density at radius 3 is 2.00 bits per heavy atom. The number of hydrogen-bond donors (Lipinski definition) is 1. The number of nitrogens with one attached hydrogen (secondary N) is 1. The maximum atomic E-state index is 15.0. The molecule has 0 unspecified atom stereocenters. The molecular weight excluding hydrogens is 519 g/mol. The zero-order valence-electron chi connectivity index (χ0n) is 20.5. The van der Waals surface area contributed by atoms with Gasteiger partial charge in [-0.3, -0.25) is 4.57 Å². The summed E-state index contributed by atoms with van der Waals surface area (Å²) in [4.78, 5) is 0. The molecular formula is C28H21F4N2O3P. The second-order valence-electron chi connectivity index (χ2n) is 8.29. The molecule has 194 valence electrons. The molecule has 0 saturated carbocycles. The number of nitriles is 1. The van der Waals surface area contributed by atoms with E-state index < -0.39 is 41.8 Å². The molecule has 0 radical (unpaired) electrons. The minimum atomic E-state index is -4.36. The van der Waals surface area contributed by atoms with E-state index >= 15 is 8.78 Å². The van der Waals surface area contributed by atoms with E-state index in [0.717, 1.165) is 11.6 Å². The Morgan fingerprint density at radius 2 is 1.42 bits per heavy atom. The lowest BCUT2D eigenvalue weighted by Gasteiger charge is -2.26. The minimum absolute atomic E-state index is 0.0300. The lowest BCUT2D eigenvalue weighted by atomic mass is 10.0. The molecule has 4 aromatic carbocycles. The molecule has 5 nitrogen and oxygen atoms in total. The van der Waals surface area contributed by atoms with Crippen LogP contribution in [0.5, 0.6) is 11.5 Å². The van der Waals surface area contributed by atoms with Crippen LogP contribution in [0.4, 0.5) is 23.2 Å². The zero-order valence-corrected chi connectivity index (χ0v) is 21.4. The summed E-state index contributed by atoms with van der Waals surface area (Å²) in [6.07, 6.45) is 0. The van der Waals surface area contributed by atoms with Crippen LogP contribution in [0.1, 0.15) is 11.1 Å². The van der Waals surface area contributed by atoms with E-state index in [0.29, 0.717) is 11.1 Å². The fourth-order valence-electron chi connectivity index (χ4n) is 3.93. The van der Waals surface area contributed by atoms with Gasteiger partial charge in [-0.2, -0.15) is 5.26 Å². The number of anilines is 1. The maximum absolute atomic E-state index is 15.0. The molecule has 0 aliphatic carbocycles. The van der Waals surface area contributed by atoms with Crippen molar-refractivity contribution in [1.29, 1.82) is 5.26 Å². The molecule has 0 saturated heterocycles. The van der Waals surface area contributed by atoms with E-state index in [1.54, 1.807) is 30.3 Å². The minimum Gasteiger partial charge on any atom is -0.497 e. The molecule has 0 aliphatic rings. The summed E-state index contributed by atoms with van der Waals surface area (Å²) in [6, 6.07) is 18.9. The Kier molecular flexibility index (Phi) is 7.47. The number of nitrogens with zero attached hydrogens (tertiary/aromatic N) is 1. The van der Waals surface area contributed by atoms with Gasteiger partial charge in [-0.05, 0) is 54.4 Å². The van der Waals surface area contributed by atoms with Crippen LogP contribution in [0.3, 0.4) is 0 Å². The van der Waals surface area contributed by atoms with Gasteiger partial charge < -0.3 is 14.6 Å². The van der Waals surface area contributed by atoms with Gasteiger partial charge in [-0.1, -0.05) is 35.9 Å². The molecule has 0 fully saturated rings. The van der Waals surface area contributed by atoms with E-state index in [9.17, 15) is 13.3 Å². The normalized spacial score (nSPS) is 12.4. The third-order valence-corrected chi connectivity index (χ3v) is 8.56. The molecule has 0 heterocycles. The second kappa shape index (κ2) is 10.6. The molecule has 1 atom stereocenters. The quantitative estimate of drug-likeness (QED) is 0.166. The van der Waals surface area contributed by atoms with Gasteiger partial charge in [0.25, 0.3) is 0 Å². The van der Waals surface area contributed by atoms with Gasteiger partial charge in [0.1, 0.15) is 28.8 Å². The van der Waals surface area contributed by atoms with Crippen molar-refractivity contribution >= 4 is 23.6 Å². The number of hydrogen-bond acceptors (Lipinski definition) is 4. The van der Waals surface area contributed by atoms with Crippen molar-refractivity contribution in [2.24, 2.45) is 0 Å². The van der Waals surface area contributed by atoms with Crippen LogP contribution in [-0.2, 0) is 4.57 Å². The molecule has 4 rings (SSSR count). The molecule has 4 aromatic rings. The van der Waals surface area contributed by atoms with Gasteiger partial charge in [0.2, 0.25) is 7.29 Å². The monoisotopic (exact) mass is 540 g/mol. The van der Waals surface area contributed by atoms with E-state index in [-0.39, 0.29) is 22.1 Å². The fourth-order valence-corrected chi connectivity index (χ4v) is 6.43. The SMILES string of the molecule is COc1cccc([P@@](=O)(Nc2c(F)c(F)c(C#N)c(F)c2F)c2cc(OC)ccc2-c2ccc(C)cc2)c1. The highest BCUT2D eigenvalue weighted by Gasteiger charge is 2.36. The maximum Gasteiger partial charge on any atom is 0.228 e. The topological polar surface area (TPSA) is 71.3 Å². The van der Waals surface area contributed by atoms with Crippen molar-refractivity contribution < 1.29 is 31.6 Å². The van der Waals surface area contributed by atoms with Crippen molar-refractivity contribution in [1.82, 2.24) is 0 Å². The first-order valence-corrected chi connectivity index (χ1v) is 12.9. The summed E-state index contributed by atoms with van der Waals surface area (Å²) in [5.41, 5.74) is -0.743. The number of aryl methyl sites for hydroxylation is 1. The smallest absolute Gasteiger partial charge is 0.228 e. The highest BCUT2D eigenvalue weighted by Crippen LogP contribution is 2.49. The Bertz CT molecular complexity index is 1590. The summed E-state index contributed by atoms with van der Waals surface area (Å²) in [5.74, 6) is -7.03. The molecule has 0 spiro atoms. The van der Waals surface area contributed by atoms with E-state index in [4.69, 9.17) is 14.7 Å². The summed E-state index contributed by atoms with van der Waals surface area (Å²) in [7, 11) is -1.60. The molecule has 0 amide bonds. The van der Waals surface area contributed by atoms with Crippen molar-refractivity contribution in [2.75, 3.05) is 19.3 Å². The number of halogens is 4. The Hall–Kier alpha value is -4.28. The third-order valence-electron chi connectivity index (χ3n) is 5.97. The van der Waals surface area contributed by atoms with Gasteiger partial charge in [0.15, 0.2) is 23.3 Å². The lowest BCUT2D eigenvalue weighted by Crippen LogP contribution is -2.25. The summed E-state index contributed by atoms with van der Waals surface area (Å²) < 4.78 is 84.7. The summed E-state index contributed by atoms with van der Waals surface area (Å²) in [6.45, 7) is 1.89. The Labute approximate surface area is 216 Å². The second-order valence-corrected chi connectivity index (χ2v) is 10.7. The predicted molar refractivity (Wildman–Crippen MR) is 138 cm³/mol. The summed E-state index contributed by atoms with van der Waals surface area (Å²) >= 11 is 0. The lowest BCUT2D eigenvalue weighted by molar-refractivity contribution is 0.415. The average molecular weight is 540 g/mol. The molecule has 10 heteroatoms. The fraction of sp³-hybridized carbons (Fsp3) is 0.107. The van der Waals surface area contributed by atoms with E-state index in [1.807, 2.05) is 19.1 Å². The van der Waals surface area contributed by atoms with Gasteiger partial charge in [-0.25, -0.2) is 17.6 Å². The largest absolute Gasteiger partial charge is 0.497 e. The van der Waals surface area contributed by atoms with Gasteiger partial charge >= 0.3 is 0 Å². The van der Waals surface area contributed by atoms with Crippen LogP contribution in [0.2, 0.25) is 0 Å². The number of benzene rings is 4. The zero-order chi connectivity index (χ0) is 27.6. The standard InChI is InChI=1S/C28H21F4N2O3P/c1-16-7-9-17(10-8-16)21-12-11-19(37-3)14-23(21)38(35,20-6-4-5-18(13-20)36-2)34-28-26(31)24(29)22(15-33)25(30)27(28)32/h4-14H,1-3H3,(H,34,35)/t38-/m0/s1. The molecule has 38 heavy (non-hydrogen) atoms. The van der Waals surface area contributed by atoms with Crippen LogP contribution in [0.15, 0.2) is 66.7 Å². The van der Waals surface area contributed by atoms with Crippen LogP contribution in [0, 0.1) is 41.5 Å². The number of rotatable bonds is 7. The molecule has 0 aliphatic heterocycles. The van der Waals surface area contributed by atoms with E-state index in [2.05, 4.69) is 5.09 Å². The van der Waals surface area contributed by atoms with Gasteiger partial charge in [0, 0.05) is 10.6 Å². The first kappa shape index (κ1) is 26.8. The molecule has 1 N–H and O–H groups in total. The Morgan fingerprint density at radius 1 is 0.816 bits per heavy atom. The third kappa shape index (κ3) is 4.71. The molecule has 0 aromatic heterocycles. The highest BCUT2D eigenvalue weighted by atomic mass is 31.2.